The molecular formula is C21H23NO4. The summed E-state index contributed by atoms with van der Waals surface area (Å²) in [6.45, 7) is 1.28. The molecule has 0 spiro atoms. The lowest BCUT2D eigenvalue weighted by atomic mass is 9.88. The largest absolute Gasteiger partial charge is 0.497 e. The molecule has 1 aliphatic heterocycles. The third-order valence-corrected chi connectivity index (χ3v) is 4.70. The van der Waals surface area contributed by atoms with E-state index in [0.717, 1.165) is 5.56 Å². The van der Waals surface area contributed by atoms with E-state index in [9.17, 15) is 9.59 Å². The maximum absolute atomic E-state index is 12.5. The van der Waals surface area contributed by atoms with Crippen molar-refractivity contribution in [3.63, 3.8) is 0 Å². The number of hydrogen-bond acceptors (Lipinski definition) is 4. The maximum atomic E-state index is 12.5. The molecular weight excluding hydrogens is 330 g/mol. The SMILES string of the molecule is COc1ccc(C(=O)C[C@H]2COC[C@@H]2C(=O)NCc2ccccc2)cc1. The van der Waals surface area contributed by atoms with Crippen LogP contribution in [0.1, 0.15) is 22.3 Å². The maximum Gasteiger partial charge on any atom is 0.226 e. The first-order valence-electron chi connectivity index (χ1n) is 8.74. The highest BCUT2D eigenvalue weighted by molar-refractivity contribution is 5.96. The average Bonchev–Trinajstić information content (AvgIpc) is 3.15. The van der Waals surface area contributed by atoms with Crippen molar-refractivity contribution in [2.45, 2.75) is 13.0 Å². The van der Waals surface area contributed by atoms with E-state index >= 15 is 0 Å². The van der Waals surface area contributed by atoms with Gasteiger partial charge in [-0.2, -0.15) is 0 Å². The van der Waals surface area contributed by atoms with Gasteiger partial charge in [0.2, 0.25) is 5.91 Å². The highest BCUT2D eigenvalue weighted by Crippen LogP contribution is 2.26. The summed E-state index contributed by atoms with van der Waals surface area (Å²) in [5.41, 5.74) is 1.67. The van der Waals surface area contributed by atoms with Gasteiger partial charge in [0.1, 0.15) is 5.75 Å². The molecule has 2 aromatic rings. The molecule has 1 aliphatic rings. The fourth-order valence-electron chi connectivity index (χ4n) is 3.14. The van der Waals surface area contributed by atoms with Crippen LogP contribution in [0, 0.1) is 11.8 Å². The average molecular weight is 353 g/mol. The van der Waals surface area contributed by atoms with E-state index in [1.54, 1.807) is 31.4 Å². The van der Waals surface area contributed by atoms with Gasteiger partial charge in [-0.3, -0.25) is 9.59 Å². The topological polar surface area (TPSA) is 64.6 Å². The van der Waals surface area contributed by atoms with Gasteiger partial charge in [0.05, 0.1) is 26.2 Å². The van der Waals surface area contributed by atoms with Crippen LogP contribution in [0.3, 0.4) is 0 Å². The Morgan fingerprint density at radius 3 is 2.50 bits per heavy atom. The lowest BCUT2D eigenvalue weighted by molar-refractivity contribution is -0.126. The van der Waals surface area contributed by atoms with Crippen molar-refractivity contribution in [3.05, 3.63) is 65.7 Å². The van der Waals surface area contributed by atoms with Crippen molar-refractivity contribution < 1.29 is 19.1 Å². The Labute approximate surface area is 153 Å². The van der Waals surface area contributed by atoms with Crippen LogP contribution in [0.25, 0.3) is 0 Å². The van der Waals surface area contributed by atoms with Gasteiger partial charge < -0.3 is 14.8 Å². The Bertz CT molecular complexity index is 742. The van der Waals surface area contributed by atoms with Gasteiger partial charge in [-0.15, -0.1) is 0 Å². The van der Waals surface area contributed by atoms with E-state index in [2.05, 4.69) is 5.32 Å². The van der Waals surface area contributed by atoms with Crippen LogP contribution in [0.15, 0.2) is 54.6 Å². The molecule has 0 aromatic heterocycles. The summed E-state index contributed by atoms with van der Waals surface area (Å²) >= 11 is 0. The Balaban J connectivity index is 1.56. The molecule has 2 atom stereocenters. The molecule has 0 unspecified atom stereocenters. The highest BCUT2D eigenvalue weighted by Gasteiger charge is 2.35. The van der Waals surface area contributed by atoms with Crippen molar-refractivity contribution in [1.29, 1.82) is 0 Å². The minimum Gasteiger partial charge on any atom is -0.497 e. The first-order chi connectivity index (χ1) is 12.7. The summed E-state index contributed by atoms with van der Waals surface area (Å²) in [4.78, 5) is 25.0. The predicted molar refractivity (Wildman–Crippen MR) is 98.0 cm³/mol. The van der Waals surface area contributed by atoms with Gasteiger partial charge in [-0.05, 0) is 29.8 Å². The van der Waals surface area contributed by atoms with Crippen LogP contribution in [0.4, 0.5) is 0 Å². The number of methoxy groups -OCH3 is 1. The van der Waals surface area contributed by atoms with Crippen molar-refractivity contribution in [2.24, 2.45) is 11.8 Å². The highest BCUT2D eigenvalue weighted by atomic mass is 16.5. The molecule has 1 saturated heterocycles. The lowest BCUT2D eigenvalue weighted by Gasteiger charge is -2.17. The molecule has 0 radical (unpaired) electrons. The van der Waals surface area contributed by atoms with E-state index in [1.807, 2.05) is 30.3 Å². The zero-order valence-electron chi connectivity index (χ0n) is 14.8. The summed E-state index contributed by atoms with van der Waals surface area (Å²) in [6, 6.07) is 16.8. The van der Waals surface area contributed by atoms with E-state index in [-0.39, 0.29) is 23.5 Å². The second kappa shape index (κ2) is 8.63. The molecule has 1 heterocycles. The molecule has 1 fully saturated rings. The van der Waals surface area contributed by atoms with Crippen molar-refractivity contribution in [3.8, 4) is 5.75 Å². The number of carbonyl (C=O) groups excluding carboxylic acids is 2. The second-order valence-electron chi connectivity index (χ2n) is 6.46. The molecule has 3 rings (SSSR count). The molecule has 0 saturated carbocycles. The Morgan fingerprint density at radius 1 is 1.08 bits per heavy atom. The van der Waals surface area contributed by atoms with Crippen molar-refractivity contribution in [1.82, 2.24) is 5.32 Å². The van der Waals surface area contributed by atoms with E-state index in [4.69, 9.17) is 9.47 Å². The number of ketones is 1. The van der Waals surface area contributed by atoms with Gasteiger partial charge in [0.25, 0.3) is 0 Å². The number of Topliss-reactive ketones (excluding diaryl/α,β-unsaturated/α-hetero) is 1. The summed E-state index contributed by atoms with van der Waals surface area (Å²) in [5, 5.41) is 2.95. The number of rotatable bonds is 7. The Hall–Kier alpha value is -2.66. The zero-order chi connectivity index (χ0) is 18.4. The van der Waals surface area contributed by atoms with Gasteiger partial charge >= 0.3 is 0 Å². The molecule has 5 nitrogen and oxygen atoms in total. The molecule has 5 heteroatoms. The monoisotopic (exact) mass is 353 g/mol. The van der Waals surface area contributed by atoms with Crippen molar-refractivity contribution in [2.75, 3.05) is 20.3 Å². The fraction of sp³-hybridized carbons (Fsp3) is 0.333. The van der Waals surface area contributed by atoms with Gasteiger partial charge in [-0.1, -0.05) is 30.3 Å². The number of benzene rings is 2. The summed E-state index contributed by atoms with van der Waals surface area (Å²) in [5.74, 6) is 0.285. The van der Waals surface area contributed by atoms with Gasteiger partial charge in [-0.25, -0.2) is 0 Å². The molecule has 0 aliphatic carbocycles. The minimum atomic E-state index is -0.291. The summed E-state index contributed by atoms with van der Waals surface area (Å²) < 4.78 is 10.6. The molecule has 0 bridgehead atoms. The van der Waals surface area contributed by atoms with Crippen LogP contribution in [-0.4, -0.2) is 32.0 Å². The zero-order valence-corrected chi connectivity index (χ0v) is 14.8. The number of carbonyl (C=O) groups is 2. The van der Waals surface area contributed by atoms with Crippen LogP contribution < -0.4 is 10.1 Å². The third-order valence-electron chi connectivity index (χ3n) is 4.70. The van der Waals surface area contributed by atoms with Crippen LogP contribution in [-0.2, 0) is 16.1 Å². The number of ether oxygens (including phenoxy) is 2. The lowest BCUT2D eigenvalue weighted by Crippen LogP contribution is -2.35. The molecule has 1 amide bonds. The standard InChI is InChI=1S/C21H23NO4/c1-25-18-9-7-16(8-10-18)20(23)11-17-13-26-14-19(17)21(24)22-12-15-5-3-2-4-6-15/h2-10,17,19H,11-14H2,1H3,(H,22,24)/t17-,19-/m0/s1. The predicted octanol–water partition coefficient (Wildman–Crippen LogP) is 2.85. The Kier molecular flexibility index (Phi) is 6.02. The van der Waals surface area contributed by atoms with E-state index in [1.165, 1.54) is 0 Å². The smallest absolute Gasteiger partial charge is 0.226 e. The minimum absolute atomic E-state index is 0.0176. The molecule has 136 valence electrons. The normalized spacial score (nSPS) is 19.1. The quantitative estimate of drug-likeness (QED) is 0.778. The molecule has 1 N–H and O–H groups in total. The molecule has 26 heavy (non-hydrogen) atoms. The second-order valence-corrected chi connectivity index (χ2v) is 6.46. The first-order valence-corrected chi connectivity index (χ1v) is 8.74. The van der Waals surface area contributed by atoms with E-state index in [0.29, 0.717) is 37.5 Å². The van der Waals surface area contributed by atoms with Gasteiger partial charge in [0, 0.05) is 24.4 Å². The van der Waals surface area contributed by atoms with Crippen LogP contribution in [0.2, 0.25) is 0 Å². The Morgan fingerprint density at radius 2 is 1.81 bits per heavy atom. The number of hydrogen-bond donors (Lipinski definition) is 1. The summed E-state index contributed by atoms with van der Waals surface area (Å²) in [6.07, 6.45) is 0.301. The van der Waals surface area contributed by atoms with Crippen LogP contribution >= 0.6 is 0 Å². The first kappa shape index (κ1) is 18.1. The van der Waals surface area contributed by atoms with Crippen LogP contribution in [0.5, 0.6) is 5.75 Å². The van der Waals surface area contributed by atoms with Crippen molar-refractivity contribution >= 4 is 11.7 Å². The number of nitrogens with one attached hydrogen (secondary N) is 1. The van der Waals surface area contributed by atoms with E-state index < -0.39 is 0 Å². The van der Waals surface area contributed by atoms with Gasteiger partial charge in [0.15, 0.2) is 5.78 Å². The third kappa shape index (κ3) is 4.49. The number of amides is 1. The molecule has 2 aromatic carbocycles. The fourth-order valence-corrected chi connectivity index (χ4v) is 3.14. The summed E-state index contributed by atoms with van der Waals surface area (Å²) in [7, 11) is 1.59.